The molecular formula is C13H12Cl2FN3O2. The maximum absolute atomic E-state index is 13.0. The maximum atomic E-state index is 13.0. The third-order valence-electron chi connectivity index (χ3n) is 2.58. The van der Waals surface area contributed by atoms with E-state index in [0.29, 0.717) is 13.0 Å². The molecule has 0 fully saturated rings. The molecule has 21 heavy (non-hydrogen) atoms. The molecule has 0 saturated heterocycles. The van der Waals surface area contributed by atoms with Crippen LogP contribution in [0.1, 0.15) is 15.9 Å². The van der Waals surface area contributed by atoms with Gasteiger partial charge in [0.1, 0.15) is 17.2 Å². The number of aromatic nitrogens is 2. The van der Waals surface area contributed by atoms with Crippen molar-refractivity contribution in [2.45, 2.75) is 6.42 Å². The molecule has 8 heteroatoms. The molecule has 5 nitrogen and oxygen atoms in total. The Labute approximate surface area is 131 Å². The third-order valence-corrected chi connectivity index (χ3v) is 2.77. The summed E-state index contributed by atoms with van der Waals surface area (Å²) in [5.74, 6) is -1.30. The second-order valence-electron chi connectivity index (χ2n) is 4.01. The lowest BCUT2D eigenvalue weighted by molar-refractivity contribution is 0.0697. The SMILES string of the molecule is Cl.O=C(O)c1cnc(Cl)nc1NCCc1cccc(F)c1. The van der Waals surface area contributed by atoms with E-state index in [1.165, 1.54) is 12.1 Å². The Kier molecular flexibility index (Phi) is 6.33. The smallest absolute Gasteiger partial charge is 0.341 e. The first kappa shape index (κ1) is 17.1. The lowest BCUT2D eigenvalue weighted by Crippen LogP contribution is -2.12. The first-order chi connectivity index (χ1) is 9.56. The van der Waals surface area contributed by atoms with Crippen molar-refractivity contribution in [2.75, 3.05) is 11.9 Å². The number of aromatic carboxylic acids is 1. The number of halogens is 3. The number of benzene rings is 1. The van der Waals surface area contributed by atoms with Crippen molar-refractivity contribution in [2.24, 2.45) is 0 Å². The molecular weight excluding hydrogens is 320 g/mol. The molecule has 1 heterocycles. The number of nitrogens with one attached hydrogen (secondary N) is 1. The molecule has 0 spiro atoms. The summed E-state index contributed by atoms with van der Waals surface area (Å²) in [4.78, 5) is 18.5. The molecule has 0 bridgehead atoms. The van der Waals surface area contributed by atoms with Crippen LogP contribution in [0.2, 0.25) is 5.28 Å². The second-order valence-corrected chi connectivity index (χ2v) is 4.35. The van der Waals surface area contributed by atoms with Crippen LogP contribution in [0.15, 0.2) is 30.5 Å². The van der Waals surface area contributed by atoms with Crippen molar-refractivity contribution in [1.82, 2.24) is 9.97 Å². The van der Waals surface area contributed by atoms with Crippen molar-refractivity contribution >= 4 is 35.8 Å². The van der Waals surface area contributed by atoms with Gasteiger partial charge in [-0.05, 0) is 35.7 Å². The van der Waals surface area contributed by atoms with Crippen LogP contribution in [-0.2, 0) is 6.42 Å². The van der Waals surface area contributed by atoms with Crippen LogP contribution in [0.3, 0.4) is 0 Å². The standard InChI is InChI=1S/C13H11ClFN3O2.ClH/c14-13-17-7-10(12(19)20)11(18-13)16-5-4-8-2-1-3-9(15)6-8;/h1-3,6-7H,4-5H2,(H,19,20)(H,16,17,18);1H. The average Bonchev–Trinajstić information content (AvgIpc) is 2.38. The zero-order valence-corrected chi connectivity index (χ0v) is 12.3. The van der Waals surface area contributed by atoms with E-state index in [-0.39, 0.29) is 34.9 Å². The number of nitrogens with zero attached hydrogens (tertiary/aromatic N) is 2. The third kappa shape index (κ3) is 4.84. The van der Waals surface area contributed by atoms with Gasteiger partial charge in [0.25, 0.3) is 0 Å². The molecule has 0 amide bonds. The summed E-state index contributed by atoms with van der Waals surface area (Å²) in [5, 5.41) is 11.8. The topological polar surface area (TPSA) is 75.1 Å². The van der Waals surface area contributed by atoms with Crippen molar-refractivity contribution in [3.63, 3.8) is 0 Å². The van der Waals surface area contributed by atoms with Gasteiger partial charge in [0.2, 0.25) is 5.28 Å². The van der Waals surface area contributed by atoms with Crippen LogP contribution in [-0.4, -0.2) is 27.6 Å². The summed E-state index contributed by atoms with van der Waals surface area (Å²) in [7, 11) is 0. The van der Waals surface area contributed by atoms with Crippen molar-refractivity contribution in [1.29, 1.82) is 0 Å². The number of anilines is 1. The molecule has 0 aliphatic heterocycles. The van der Waals surface area contributed by atoms with Gasteiger partial charge in [-0.25, -0.2) is 14.2 Å². The van der Waals surface area contributed by atoms with Crippen LogP contribution < -0.4 is 5.32 Å². The summed E-state index contributed by atoms with van der Waals surface area (Å²) >= 11 is 5.63. The highest BCUT2D eigenvalue weighted by molar-refractivity contribution is 6.28. The largest absolute Gasteiger partial charge is 0.477 e. The fourth-order valence-electron chi connectivity index (χ4n) is 1.67. The minimum Gasteiger partial charge on any atom is -0.477 e. The quantitative estimate of drug-likeness (QED) is 0.823. The molecule has 0 aliphatic carbocycles. The van der Waals surface area contributed by atoms with Gasteiger partial charge in [-0.15, -0.1) is 12.4 Å². The molecule has 0 unspecified atom stereocenters. The highest BCUT2D eigenvalue weighted by atomic mass is 35.5. The molecule has 0 aliphatic rings. The maximum Gasteiger partial charge on any atom is 0.341 e. The van der Waals surface area contributed by atoms with Crippen LogP contribution in [0.5, 0.6) is 0 Å². The summed E-state index contributed by atoms with van der Waals surface area (Å²) in [6.07, 6.45) is 1.67. The Morgan fingerprint density at radius 1 is 1.43 bits per heavy atom. The van der Waals surface area contributed by atoms with E-state index in [0.717, 1.165) is 11.8 Å². The van der Waals surface area contributed by atoms with E-state index in [1.807, 2.05) is 0 Å². The number of hydrogen-bond acceptors (Lipinski definition) is 4. The highest BCUT2D eigenvalue weighted by Crippen LogP contribution is 2.14. The molecule has 0 atom stereocenters. The number of carboxylic acid groups (broad SMARTS) is 1. The van der Waals surface area contributed by atoms with Crippen molar-refractivity contribution < 1.29 is 14.3 Å². The Balaban J connectivity index is 0.00000220. The predicted octanol–water partition coefficient (Wildman–Crippen LogP) is 3.04. The lowest BCUT2D eigenvalue weighted by atomic mass is 10.1. The molecule has 0 radical (unpaired) electrons. The van der Waals surface area contributed by atoms with Gasteiger partial charge < -0.3 is 10.4 Å². The van der Waals surface area contributed by atoms with Crippen LogP contribution in [0, 0.1) is 5.82 Å². The molecule has 2 rings (SSSR count). The fourth-order valence-corrected chi connectivity index (χ4v) is 1.80. The van der Waals surface area contributed by atoms with Gasteiger partial charge in [0.05, 0.1) is 0 Å². The van der Waals surface area contributed by atoms with E-state index in [9.17, 15) is 9.18 Å². The van der Waals surface area contributed by atoms with Gasteiger partial charge >= 0.3 is 5.97 Å². The lowest BCUT2D eigenvalue weighted by Gasteiger charge is -2.08. The van der Waals surface area contributed by atoms with Crippen molar-refractivity contribution in [3.05, 3.63) is 52.7 Å². The number of carbonyl (C=O) groups is 1. The Bertz CT molecular complexity index is 641. The van der Waals surface area contributed by atoms with E-state index in [4.69, 9.17) is 16.7 Å². The molecule has 2 aromatic rings. The zero-order chi connectivity index (χ0) is 14.5. The summed E-state index contributed by atoms with van der Waals surface area (Å²) < 4.78 is 13.0. The van der Waals surface area contributed by atoms with Gasteiger partial charge in [0, 0.05) is 12.7 Å². The highest BCUT2D eigenvalue weighted by Gasteiger charge is 2.12. The summed E-state index contributed by atoms with van der Waals surface area (Å²) in [6.45, 7) is 0.400. The molecule has 2 N–H and O–H groups in total. The first-order valence-corrected chi connectivity index (χ1v) is 6.18. The van der Waals surface area contributed by atoms with Crippen LogP contribution in [0.25, 0.3) is 0 Å². The minimum atomic E-state index is -1.14. The number of rotatable bonds is 5. The van der Waals surface area contributed by atoms with E-state index in [1.54, 1.807) is 12.1 Å². The van der Waals surface area contributed by atoms with Crippen molar-refractivity contribution in [3.8, 4) is 0 Å². The zero-order valence-electron chi connectivity index (χ0n) is 10.7. The predicted molar refractivity (Wildman–Crippen MR) is 79.8 cm³/mol. The van der Waals surface area contributed by atoms with Crippen LogP contribution in [0.4, 0.5) is 10.2 Å². The van der Waals surface area contributed by atoms with Gasteiger partial charge in [0.15, 0.2) is 0 Å². The first-order valence-electron chi connectivity index (χ1n) is 5.80. The summed E-state index contributed by atoms with van der Waals surface area (Å²) in [5.41, 5.74) is 0.739. The van der Waals surface area contributed by atoms with Gasteiger partial charge in [-0.2, -0.15) is 4.98 Å². The Morgan fingerprint density at radius 3 is 2.86 bits per heavy atom. The number of hydrogen-bond donors (Lipinski definition) is 2. The van der Waals surface area contributed by atoms with Crippen LogP contribution >= 0.6 is 24.0 Å². The van der Waals surface area contributed by atoms with E-state index < -0.39 is 5.97 Å². The van der Waals surface area contributed by atoms with E-state index >= 15 is 0 Å². The monoisotopic (exact) mass is 331 g/mol. The Morgan fingerprint density at radius 2 is 2.19 bits per heavy atom. The minimum absolute atomic E-state index is 0. The Hall–Kier alpha value is -1.92. The molecule has 1 aromatic carbocycles. The average molecular weight is 332 g/mol. The summed E-state index contributed by atoms with van der Waals surface area (Å²) in [6, 6.07) is 6.20. The second kappa shape index (κ2) is 7.75. The molecule has 0 saturated carbocycles. The normalized spacial score (nSPS) is 9.81. The van der Waals surface area contributed by atoms with Gasteiger partial charge in [-0.3, -0.25) is 0 Å². The fraction of sp³-hybridized carbons (Fsp3) is 0.154. The molecule has 1 aromatic heterocycles. The van der Waals surface area contributed by atoms with E-state index in [2.05, 4.69) is 15.3 Å². The molecule has 112 valence electrons. The van der Waals surface area contributed by atoms with Gasteiger partial charge in [-0.1, -0.05) is 12.1 Å². The number of carboxylic acids is 1.